The molecule has 50 heavy (non-hydrogen) atoms. The molecular formula is C36H85N13O. The lowest BCUT2D eigenvalue weighted by molar-refractivity contribution is -0.259. The van der Waals surface area contributed by atoms with Crippen molar-refractivity contribution in [3.63, 3.8) is 0 Å². The monoisotopic (exact) mass is 716 g/mol. The molecule has 0 heterocycles. The first-order chi connectivity index (χ1) is 24.0. The Morgan fingerprint density at radius 3 is 0.920 bits per heavy atom. The number of rotatable bonds is 34. The largest absolute Gasteiger partial charge is 0.369 e. The van der Waals surface area contributed by atoms with E-state index in [0.29, 0.717) is 129 Å². The van der Waals surface area contributed by atoms with E-state index in [2.05, 4.69) is 6.92 Å². The quantitative estimate of drug-likeness (QED) is 0.0362. The van der Waals surface area contributed by atoms with Gasteiger partial charge in [0.1, 0.15) is 0 Å². The summed E-state index contributed by atoms with van der Waals surface area (Å²) in [5.41, 5.74) is 82.0. The second-order valence-corrected chi connectivity index (χ2v) is 15.0. The molecule has 0 saturated carbocycles. The van der Waals surface area contributed by atoms with Crippen molar-refractivity contribution in [3.8, 4) is 0 Å². The minimum absolute atomic E-state index is 0.208. The maximum Gasteiger partial charge on any atom is 0.224 e. The average molecular weight is 716 g/mol. The molecule has 0 aliphatic heterocycles. The maximum atomic E-state index is 14.4. The van der Waals surface area contributed by atoms with E-state index in [9.17, 15) is 4.79 Å². The molecule has 0 aliphatic carbocycles. The smallest absolute Gasteiger partial charge is 0.224 e. The molecule has 0 radical (unpaired) electrons. The molecule has 300 valence electrons. The highest BCUT2D eigenvalue weighted by molar-refractivity contribution is 5.82. The van der Waals surface area contributed by atoms with Gasteiger partial charge in [-0.05, 0) is 189 Å². The van der Waals surface area contributed by atoms with Gasteiger partial charge in [-0.15, -0.1) is 0 Å². The van der Waals surface area contributed by atoms with E-state index >= 15 is 0 Å². The van der Waals surface area contributed by atoms with Gasteiger partial charge in [0.2, 0.25) is 5.91 Å². The zero-order valence-electron chi connectivity index (χ0n) is 32.2. The highest BCUT2D eigenvalue weighted by Gasteiger charge is 2.74. The van der Waals surface area contributed by atoms with Gasteiger partial charge in [0.15, 0.2) is 0 Å². The predicted molar refractivity (Wildman–Crippen MR) is 212 cm³/mol. The number of hydrogen-bond donors (Lipinski definition) is 13. The molecular weight excluding hydrogens is 630 g/mol. The summed E-state index contributed by atoms with van der Waals surface area (Å²) in [7, 11) is 0. The Kier molecular flexibility index (Phi) is 23.8. The summed E-state index contributed by atoms with van der Waals surface area (Å²) in [6.45, 7) is 6.08. The summed E-state index contributed by atoms with van der Waals surface area (Å²) in [6.07, 6.45) is 10.1. The van der Waals surface area contributed by atoms with Gasteiger partial charge in [0, 0.05) is 0 Å². The summed E-state index contributed by atoms with van der Waals surface area (Å²) < 4.78 is 0. The van der Waals surface area contributed by atoms with E-state index in [4.69, 9.17) is 74.5 Å². The first-order valence-corrected chi connectivity index (χ1v) is 19.7. The fourth-order valence-corrected chi connectivity index (χ4v) is 12.2. The highest BCUT2D eigenvalue weighted by Crippen LogP contribution is 2.77. The van der Waals surface area contributed by atoms with Crippen LogP contribution in [0.3, 0.4) is 0 Å². The van der Waals surface area contributed by atoms with E-state index in [1.165, 1.54) is 0 Å². The third kappa shape index (κ3) is 9.19. The molecule has 0 unspecified atom stereocenters. The molecule has 26 N–H and O–H groups in total. The summed E-state index contributed by atoms with van der Waals surface area (Å²) in [4.78, 5) is 14.4. The molecule has 0 spiro atoms. The van der Waals surface area contributed by atoms with Crippen LogP contribution >= 0.6 is 0 Å². The van der Waals surface area contributed by atoms with Crippen LogP contribution in [0.2, 0.25) is 0 Å². The van der Waals surface area contributed by atoms with Crippen LogP contribution in [0.5, 0.6) is 0 Å². The molecule has 14 nitrogen and oxygen atoms in total. The highest BCUT2D eigenvalue weighted by atomic mass is 16.1. The molecule has 14 heteroatoms. The molecule has 0 rings (SSSR count). The van der Waals surface area contributed by atoms with Gasteiger partial charge < -0.3 is 74.5 Å². The predicted octanol–water partition coefficient (Wildman–Crippen LogP) is -0.844. The number of primary amides is 1. The fourth-order valence-electron chi connectivity index (χ4n) is 12.2. The van der Waals surface area contributed by atoms with Crippen molar-refractivity contribution in [2.45, 2.75) is 110 Å². The summed E-state index contributed by atoms with van der Waals surface area (Å²) in [5, 5.41) is 0. The van der Waals surface area contributed by atoms with Crippen LogP contribution in [0.15, 0.2) is 0 Å². The van der Waals surface area contributed by atoms with Crippen LogP contribution in [0.25, 0.3) is 0 Å². The minimum Gasteiger partial charge on any atom is -0.369 e. The Bertz CT molecular complexity index is 854. The van der Waals surface area contributed by atoms with Crippen LogP contribution in [0, 0.1) is 32.5 Å². The first-order valence-electron chi connectivity index (χ1n) is 19.7. The minimum atomic E-state index is -1.20. The van der Waals surface area contributed by atoms with Crippen LogP contribution in [0.1, 0.15) is 110 Å². The lowest BCUT2D eigenvalue weighted by Gasteiger charge is -2.74. The van der Waals surface area contributed by atoms with Gasteiger partial charge >= 0.3 is 0 Å². The first kappa shape index (κ1) is 49.0. The number of amides is 1. The lowest BCUT2D eigenvalue weighted by atomic mass is 9.29. The maximum absolute atomic E-state index is 14.4. The number of carbonyl (C=O) groups is 1. The van der Waals surface area contributed by atoms with Crippen LogP contribution in [0.4, 0.5) is 0 Å². The van der Waals surface area contributed by atoms with Gasteiger partial charge in [-0.3, -0.25) is 4.79 Å². The van der Waals surface area contributed by atoms with Crippen molar-refractivity contribution in [1.29, 1.82) is 0 Å². The van der Waals surface area contributed by atoms with Crippen molar-refractivity contribution in [2.24, 2.45) is 107 Å². The number of carbonyl (C=O) groups excluding carboxylic acids is 1. The molecule has 0 bridgehead atoms. The number of nitrogens with two attached hydrogens (primary N) is 13. The Morgan fingerprint density at radius 1 is 0.360 bits per heavy atom. The Hall–Kier alpha value is -1.01. The molecule has 0 atom stereocenters. The Labute approximate surface area is 305 Å². The van der Waals surface area contributed by atoms with Gasteiger partial charge in [-0.1, -0.05) is 26.2 Å². The molecule has 0 saturated heterocycles. The van der Waals surface area contributed by atoms with E-state index in [1.54, 1.807) is 0 Å². The van der Waals surface area contributed by atoms with Crippen LogP contribution in [-0.4, -0.2) is 84.4 Å². The van der Waals surface area contributed by atoms with Crippen molar-refractivity contribution in [1.82, 2.24) is 0 Å². The van der Waals surface area contributed by atoms with E-state index in [0.717, 1.165) is 25.7 Å². The zero-order chi connectivity index (χ0) is 38.4. The van der Waals surface area contributed by atoms with Crippen molar-refractivity contribution >= 4 is 5.91 Å². The van der Waals surface area contributed by atoms with Gasteiger partial charge in [0.25, 0.3) is 0 Å². The van der Waals surface area contributed by atoms with Crippen molar-refractivity contribution in [2.75, 3.05) is 78.5 Å². The molecule has 0 aromatic carbocycles. The third-order valence-corrected chi connectivity index (χ3v) is 13.4. The second kappa shape index (κ2) is 24.3. The average Bonchev–Trinajstić information content (AvgIpc) is 3.07. The molecule has 0 aromatic heterocycles. The molecule has 1 amide bonds. The Balaban J connectivity index is 9.63. The topological polar surface area (TPSA) is 355 Å². The van der Waals surface area contributed by atoms with E-state index in [-0.39, 0.29) is 26.2 Å². The SMILES string of the molecule is CCCCCC(CCN)(CCN)C(CCN)(CCN)C(CCN)(CCN)C(CCN)(CCN)C(CCN)(CCN)C(CCN)(CCN)C(N)=O. The number of hydrogen-bond acceptors (Lipinski definition) is 13. The fraction of sp³-hybridized carbons (Fsp3) is 0.972. The third-order valence-electron chi connectivity index (χ3n) is 13.4. The van der Waals surface area contributed by atoms with Gasteiger partial charge in [-0.25, -0.2) is 0 Å². The van der Waals surface area contributed by atoms with Crippen LogP contribution < -0.4 is 74.5 Å². The summed E-state index contributed by atoms with van der Waals surface area (Å²) in [5.74, 6) is -0.468. The molecule has 0 aromatic rings. The second-order valence-electron chi connectivity index (χ2n) is 15.0. The summed E-state index contributed by atoms with van der Waals surface area (Å²) in [6, 6.07) is 0. The van der Waals surface area contributed by atoms with Gasteiger partial charge in [-0.2, -0.15) is 0 Å². The number of unbranched alkanes of at least 4 members (excludes halogenated alkanes) is 2. The van der Waals surface area contributed by atoms with E-state index < -0.39 is 38.4 Å². The molecule has 0 aliphatic rings. The van der Waals surface area contributed by atoms with Gasteiger partial charge in [0.05, 0.1) is 5.41 Å². The standard InChI is InChI=1S/C36H85N13O/c1-2-3-4-5-31(6-18-37,7-19-38)33(10-22-41,11-23-42)35(14-26-45,15-27-46)36(16-28-47,17-29-48)34(12-24-43,13-25-44)32(8-20-39,9-21-40)30(49)50/h2-29,37-48H2,1H3,(H2,49,50). The normalized spacial score (nSPS) is 13.7. The van der Waals surface area contributed by atoms with Crippen LogP contribution in [-0.2, 0) is 4.79 Å². The van der Waals surface area contributed by atoms with Crippen molar-refractivity contribution in [3.05, 3.63) is 0 Å². The zero-order valence-corrected chi connectivity index (χ0v) is 32.2. The Morgan fingerprint density at radius 2 is 0.640 bits per heavy atom. The summed E-state index contributed by atoms with van der Waals surface area (Å²) >= 11 is 0. The van der Waals surface area contributed by atoms with Crippen molar-refractivity contribution < 1.29 is 4.79 Å². The lowest BCUT2D eigenvalue weighted by Crippen LogP contribution is -2.72. The van der Waals surface area contributed by atoms with E-state index in [1.807, 2.05) is 0 Å². The molecule has 0 fully saturated rings.